The zero-order valence-corrected chi connectivity index (χ0v) is 17.5. The molecular weight excluding hydrogens is 384 g/mol. The summed E-state index contributed by atoms with van der Waals surface area (Å²) in [6.07, 6.45) is 1.92. The lowest BCUT2D eigenvalue weighted by Crippen LogP contribution is -1.93. The molecule has 0 aliphatic rings. The fourth-order valence-electron chi connectivity index (χ4n) is 3.26. The number of nitrogen functional groups attached to an aromatic ring is 2. The van der Waals surface area contributed by atoms with Gasteiger partial charge in [0.15, 0.2) is 0 Å². The van der Waals surface area contributed by atoms with E-state index < -0.39 is 0 Å². The SMILES string of the molecule is Cc1cc(Oc2ccc(CCc3ccc(Oc4ccc(N)cc4)cc3)cc2)ccc1N. The second-order valence-electron chi connectivity index (χ2n) is 7.58. The lowest BCUT2D eigenvalue weighted by Gasteiger charge is -2.09. The highest BCUT2D eigenvalue weighted by Gasteiger charge is 2.03. The highest BCUT2D eigenvalue weighted by atomic mass is 16.5. The minimum atomic E-state index is 0.725. The molecule has 4 nitrogen and oxygen atoms in total. The van der Waals surface area contributed by atoms with Gasteiger partial charge < -0.3 is 20.9 Å². The van der Waals surface area contributed by atoms with Crippen molar-refractivity contribution in [1.29, 1.82) is 0 Å². The maximum Gasteiger partial charge on any atom is 0.127 e. The molecule has 0 bridgehead atoms. The van der Waals surface area contributed by atoms with Gasteiger partial charge in [-0.05, 0) is 103 Å². The molecule has 31 heavy (non-hydrogen) atoms. The van der Waals surface area contributed by atoms with E-state index in [1.165, 1.54) is 11.1 Å². The number of benzene rings is 4. The quantitative estimate of drug-likeness (QED) is 0.340. The smallest absolute Gasteiger partial charge is 0.127 e. The summed E-state index contributed by atoms with van der Waals surface area (Å²) in [5.74, 6) is 3.20. The highest BCUT2D eigenvalue weighted by Crippen LogP contribution is 2.26. The zero-order valence-electron chi connectivity index (χ0n) is 17.5. The second kappa shape index (κ2) is 9.26. The van der Waals surface area contributed by atoms with Crippen molar-refractivity contribution in [3.8, 4) is 23.0 Å². The van der Waals surface area contributed by atoms with E-state index in [1.807, 2.05) is 73.7 Å². The molecule has 0 aromatic heterocycles. The average Bonchev–Trinajstić information content (AvgIpc) is 2.78. The molecule has 156 valence electrons. The van der Waals surface area contributed by atoms with Gasteiger partial charge in [-0.1, -0.05) is 24.3 Å². The number of anilines is 2. The van der Waals surface area contributed by atoms with Gasteiger partial charge in [0.25, 0.3) is 0 Å². The van der Waals surface area contributed by atoms with E-state index in [9.17, 15) is 0 Å². The molecule has 4 rings (SSSR count). The van der Waals surface area contributed by atoms with Gasteiger partial charge in [-0.25, -0.2) is 0 Å². The summed E-state index contributed by atoms with van der Waals surface area (Å²) in [6.45, 7) is 1.97. The molecule has 0 fully saturated rings. The van der Waals surface area contributed by atoms with Gasteiger partial charge in [0.2, 0.25) is 0 Å². The molecular formula is C27H26N2O2. The Morgan fingerprint density at radius 3 is 1.45 bits per heavy atom. The van der Waals surface area contributed by atoms with Gasteiger partial charge in [-0.2, -0.15) is 0 Å². The summed E-state index contributed by atoms with van der Waals surface area (Å²) < 4.78 is 11.8. The molecule has 4 aromatic rings. The van der Waals surface area contributed by atoms with Crippen LogP contribution in [0.3, 0.4) is 0 Å². The molecule has 0 aliphatic heterocycles. The standard InChI is InChI=1S/C27H26N2O2/c1-19-18-26(16-17-27(19)29)31-24-12-6-21(7-13-24)3-2-20-4-10-23(11-5-20)30-25-14-8-22(28)9-15-25/h4-18H,2-3,28-29H2,1H3. The topological polar surface area (TPSA) is 70.5 Å². The van der Waals surface area contributed by atoms with Crippen molar-refractivity contribution >= 4 is 11.4 Å². The van der Waals surface area contributed by atoms with Gasteiger partial charge in [-0.15, -0.1) is 0 Å². The summed E-state index contributed by atoms with van der Waals surface area (Å²) in [4.78, 5) is 0. The summed E-state index contributed by atoms with van der Waals surface area (Å²) in [5, 5.41) is 0. The van der Waals surface area contributed by atoms with Crippen LogP contribution in [0.15, 0.2) is 91.0 Å². The van der Waals surface area contributed by atoms with Gasteiger partial charge in [-0.3, -0.25) is 0 Å². The van der Waals surface area contributed by atoms with Crippen LogP contribution in [-0.2, 0) is 12.8 Å². The van der Waals surface area contributed by atoms with Crippen LogP contribution in [0.5, 0.6) is 23.0 Å². The maximum absolute atomic E-state index is 5.92. The Labute approximate surface area is 183 Å². The van der Waals surface area contributed by atoms with Gasteiger partial charge in [0, 0.05) is 11.4 Å². The molecule has 0 unspecified atom stereocenters. The molecule has 0 spiro atoms. The zero-order chi connectivity index (χ0) is 21.6. The van der Waals surface area contributed by atoms with Crippen LogP contribution in [0.1, 0.15) is 16.7 Å². The van der Waals surface area contributed by atoms with Crippen molar-refractivity contribution < 1.29 is 9.47 Å². The maximum atomic E-state index is 5.92. The van der Waals surface area contributed by atoms with Crippen molar-refractivity contribution in [3.63, 3.8) is 0 Å². The third-order valence-electron chi connectivity index (χ3n) is 5.14. The van der Waals surface area contributed by atoms with E-state index in [1.54, 1.807) is 0 Å². The van der Waals surface area contributed by atoms with E-state index in [-0.39, 0.29) is 0 Å². The van der Waals surface area contributed by atoms with E-state index in [0.29, 0.717) is 0 Å². The van der Waals surface area contributed by atoms with Crippen molar-refractivity contribution in [3.05, 3.63) is 108 Å². The van der Waals surface area contributed by atoms with Crippen LogP contribution in [0.4, 0.5) is 11.4 Å². The van der Waals surface area contributed by atoms with Crippen LogP contribution >= 0.6 is 0 Å². The Morgan fingerprint density at radius 1 is 0.548 bits per heavy atom. The molecule has 0 radical (unpaired) electrons. The number of aryl methyl sites for hydroxylation is 3. The molecule has 0 atom stereocenters. The van der Waals surface area contributed by atoms with E-state index >= 15 is 0 Å². The fourth-order valence-corrected chi connectivity index (χ4v) is 3.26. The average molecular weight is 411 g/mol. The molecule has 0 heterocycles. The summed E-state index contributed by atoms with van der Waals surface area (Å²) in [7, 11) is 0. The summed E-state index contributed by atoms with van der Waals surface area (Å²) in [6, 6.07) is 29.5. The van der Waals surface area contributed by atoms with E-state index in [2.05, 4.69) is 24.3 Å². The van der Waals surface area contributed by atoms with Crippen LogP contribution in [-0.4, -0.2) is 0 Å². The first-order chi connectivity index (χ1) is 15.0. The normalized spacial score (nSPS) is 10.6. The second-order valence-corrected chi connectivity index (χ2v) is 7.58. The van der Waals surface area contributed by atoms with Crippen LogP contribution < -0.4 is 20.9 Å². The molecule has 4 heteroatoms. The fraction of sp³-hybridized carbons (Fsp3) is 0.111. The van der Waals surface area contributed by atoms with Gasteiger partial charge in [0.1, 0.15) is 23.0 Å². The molecule has 4 N–H and O–H groups in total. The Bertz CT molecular complexity index is 1140. The molecule has 4 aromatic carbocycles. The molecule has 0 saturated heterocycles. The molecule has 0 aliphatic carbocycles. The number of hydrogen-bond donors (Lipinski definition) is 2. The highest BCUT2D eigenvalue weighted by molar-refractivity contribution is 5.50. The van der Waals surface area contributed by atoms with E-state index in [0.717, 1.165) is 52.8 Å². The lowest BCUT2D eigenvalue weighted by atomic mass is 10.0. The number of ether oxygens (including phenoxy) is 2. The monoisotopic (exact) mass is 410 g/mol. The lowest BCUT2D eigenvalue weighted by molar-refractivity contribution is 0.482. The third kappa shape index (κ3) is 5.58. The minimum Gasteiger partial charge on any atom is -0.457 e. The molecule has 0 saturated carbocycles. The Balaban J connectivity index is 1.30. The molecule has 0 amide bonds. The first-order valence-electron chi connectivity index (χ1n) is 10.3. The first-order valence-corrected chi connectivity index (χ1v) is 10.3. The van der Waals surface area contributed by atoms with E-state index in [4.69, 9.17) is 20.9 Å². The number of nitrogens with two attached hydrogens (primary N) is 2. The Morgan fingerprint density at radius 2 is 0.968 bits per heavy atom. The van der Waals surface area contributed by atoms with Crippen molar-refractivity contribution in [2.24, 2.45) is 0 Å². The Hall–Kier alpha value is -3.92. The van der Waals surface area contributed by atoms with Crippen molar-refractivity contribution in [2.45, 2.75) is 19.8 Å². The van der Waals surface area contributed by atoms with Crippen molar-refractivity contribution in [1.82, 2.24) is 0 Å². The third-order valence-corrected chi connectivity index (χ3v) is 5.14. The van der Waals surface area contributed by atoms with Gasteiger partial charge in [0.05, 0.1) is 0 Å². The van der Waals surface area contributed by atoms with Crippen molar-refractivity contribution in [2.75, 3.05) is 11.5 Å². The largest absolute Gasteiger partial charge is 0.457 e. The first kappa shape index (κ1) is 20.4. The summed E-state index contributed by atoms with van der Waals surface area (Å²) >= 11 is 0. The van der Waals surface area contributed by atoms with Crippen LogP contribution in [0.2, 0.25) is 0 Å². The van der Waals surface area contributed by atoms with Gasteiger partial charge >= 0.3 is 0 Å². The van der Waals surface area contributed by atoms with Crippen LogP contribution in [0.25, 0.3) is 0 Å². The predicted molar refractivity (Wildman–Crippen MR) is 127 cm³/mol. The predicted octanol–water partition coefficient (Wildman–Crippen LogP) is 6.53. The van der Waals surface area contributed by atoms with Crippen LogP contribution in [0, 0.1) is 6.92 Å². The number of hydrogen-bond acceptors (Lipinski definition) is 4. The summed E-state index contributed by atoms with van der Waals surface area (Å²) in [5.41, 5.74) is 16.6. The Kier molecular flexibility index (Phi) is 6.08. The minimum absolute atomic E-state index is 0.725. The number of rotatable bonds is 7.